The maximum absolute atomic E-state index is 12.4. The van der Waals surface area contributed by atoms with Gasteiger partial charge in [0.15, 0.2) is 11.5 Å². The molecule has 1 heterocycles. The van der Waals surface area contributed by atoms with Crippen LogP contribution in [0.25, 0.3) is 6.08 Å². The topological polar surface area (TPSA) is 38.8 Å². The van der Waals surface area contributed by atoms with Crippen LogP contribution in [0.1, 0.15) is 18.1 Å². The van der Waals surface area contributed by atoms with Crippen LogP contribution in [0.4, 0.5) is 0 Å². The fraction of sp³-hybridized carbons (Fsp3) is 0.250. The fourth-order valence-corrected chi connectivity index (χ4v) is 2.59. The number of hydrogen-bond donors (Lipinski definition) is 0. The summed E-state index contributed by atoms with van der Waals surface area (Å²) in [5, 5.41) is 0. The van der Waals surface area contributed by atoms with E-state index in [9.17, 15) is 4.79 Å². The molecule has 0 aromatic heterocycles. The van der Waals surface area contributed by atoms with Crippen LogP contribution < -0.4 is 9.47 Å². The van der Waals surface area contributed by atoms with Gasteiger partial charge < -0.3 is 14.4 Å². The van der Waals surface area contributed by atoms with Gasteiger partial charge in [-0.2, -0.15) is 0 Å². The summed E-state index contributed by atoms with van der Waals surface area (Å²) in [5.74, 6) is 1.52. The third-order valence-corrected chi connectivity index (χ3v) is 3.89. The Morgan fingerprint density at radius 3 is 2.58 bits per heavy atom. The van der Waals surface area contributed by atoms with E-state index in [4.69, 9.17) is 9.47 Å². The Bertz CT molecular complexity index is 725. The summed E-state index contributed by atoms with van der Waals surface area (Å²) in [6.45, 7) is 4.31. The molecule has 3 rings (SSSR count). The molecule has 1 amide bonds. The van der Waals surface area contributed by atoms with Crippen molar-refractivity contribution in [2.24, 2.45) is 0 Å². The van der Waals surface area contributed by atoms with Gasteiger partial charge in [0.2, 0.25) is 5.91 Å². The number of nitrogens with zero attached hydrogens (tertiary/aromatic N) is 1. The predicted octanol–water partition coefficient (Wildman–Crippen LogP) is 3.52. The number of ether oxygens (including phenoxy) is 2. The highest BCUT2D eigenvalue weighted by Gasteiger charge is 2.14. The molecule has 2 aromatic carbocycles. The maximum Gasteiger partial charge on any atom is 0.246 e. The van der Waals surface area contributed by atoms with Gasteiger partial charge in [-0.3, -0.25) is 4.79 Å². The van der Waals surface area contributed by atoms with E-state index in [0.29, 0.717) is 26.3 Å². The SMILES string of the molecule is CCN(Cc1ccc2c(c1)OCCO2)C(=O)C=Cc1ccccc1. The number of hydrogen-bond acceptors (Lipinski definition) is 3. The molecular formula is C20H21NO3. The van der Waals surface area contributed by atoms with Gasteiger partial charge in [-0.05, 0) is 36.3 Å². The van der Waals surface area contributed by atoms with Crippen molar-refractivity contribution in [3.05, 3.63) is 65.7 Å². The van der Waals surface area contributed by atoms with Crippen molar-refractivity contribution in [3.8, 4) is 11.5 Å². The van der Waals surface area contributed by atoms with Crippen molar-refractivity contribution < 1.29 is 14.3 Å². The summed E-state index contributed by atoms with van der Waals surface area (Å²) in [6.07, 6.45) is 3.46. The molecule has 0 N–H and O–H groups in total. The molecular weight excluding hydrogens is 302 g/mol. The first-order chi connectivity index (χ1) is 11.8. The van der Waals surface area contributed by atoms with E-state index < -0.39 is 0 Å². The van der Waals surface area contributed by atoms with Crippen molar-refractivity contribution in [1.82, 2.24) is 4.90 Å². The number of carbonyl (C=O) groups excluding carboxylic acids is 1. The first-order valence-electron chi connectivity index (χ1n) is 8.17. The van der Waals surface area contributed by atoms with Crippen molar-refractivity contribution in [2.45, 2.75) is 13.5 Å². The third-order valence-electron chi connectivity index (χ3n) is 3.89. The van der Waals surface area contributed by atoms with Crippen LogP contribution in [0.5, 0.6) is 11.5 Å². The number of fused-ring (bicyclic) bond motifs is 1. The smallest absolute Gasteiger partial charge is 0.246 e. The number of rotatable bonds is 5. The molecule has 124 valence electrons. The zero-order chi connectivity index (χ0) is 16.8. The first-order valence-corrected chi connectivity index (χ1v) is 8.17. The molecule has 24 heavy (non-hydrogen) atoms. The molecule has 0 unspecified atom stereocenters. The number of amides is 1. The Kier molecular flexibility index (Phi) is 5.16. The molecule has 2 aromatic rings. The maximum atomic E-state index is 12.4. The molecule has 0 radical (unpaired) electrons. The second-order valence-corrected chi connectivity index (χ2v) is 5.57. The van der Waals surface area contributed by atoms with Crippen molar-refractivity contribution in [2.75, 3.05) is 19.8 Å². The molecule has 4 nitrogen and oxygen atoms in total. The van der Waals surface area contributed by atoms with E-state index in [0.717, 1.165) is 22.6 Å². The summed E-state index contributed by atoms with van der Waals surface area (Å²) in [7, 11) is 0. The third kappa shape index (κ3) is 3.96. The molecule has 0 atom stereocenters. The minimum absolute atomic E-state index is 0.00348. The van der Waals surface area contributed by atoms with Gasteiger partial charge >= 0.3 is 0 Å². The molecule has 4 heteroatoms. The standard InChI is InChI=1S/C20H21NO3/c1-2-21(20(22)11-9-16-6-4-3-5-7-16)15-17-8-10-18-19(14-17)24-13-12-23-18/h3-11,14H,2,12-13,15H2,1H3. The second kappa shape index (κ2) is 7.68. The molecule has 0 fully saturated rings. The van der Waals surface area contributed by atoms with Crippen molar-refractivity contribution in [3.63, 3.8) is 0 Å². The van der Waals surface area contributed by atoms with E-state index in [1.807, 2.05) is 61.5 Å². The number of likely N-dealkylation sites (N-methyl/N-ethyl adjacent to an activating group) is 1. The van der Waals surface area contributed by atoms with Crippen LogP contribution in [-0.2, 0) is 11.3 Å². The molecule has 1 aliphatic rings. The highest BCUT2D eigenvalue weighted by Crippen LogP contribution is 2.31. The van der Waals surface area contributed by atoms with Crippen molar-refractivity contribution >= 4 is 12.0 Å². The molecule has 0 saturated carbocycles. The minimum Gasteiger partial charge on any atom is -0.486 e. The van der Waals surface area contributed by atoms with E-state index in [1.165, 1.54) is 0 Å². The summed E-state index contributed by atoms with van der Waals surface area (Å²) < 4.78 is 11.1. The summed E-state index contributed by atoms with van der Waals surface area (Å²) in [6, 6.07) is 15.6. The van der Waals surface area contributed by atoms with Crippen LogP contribution in [0.2, 0.25) is 0 Å². The van der Waals surface area contributed by atoms with Crippen LogP contribution in [0.15, 0.2) is 54.6 Å². The molecule has 0 spiro atoms. The minimum atomic E-state index is -0.00348. The van der Waals surface area contributed by atoms with Gasteiger partial charge in [0, 0.05) is 19.2 Å². The highest BCUT2D eigenvalue weighted by molar-refractivity contribution is 5.91. The number of carbonyl (C=O) groups is 1. The van der Waals surface area contributed by atoms with Gasteiger partial charge in [-0.15, -0.1) is 0 Å². The lowest BCUT2D eigenvalue weighted by Crippen LogP contribution is -2.28. The molecule has 1 aliphatic heterocycles. The van der Waals surface area contributed by atoms with Gasteiger partial charge in [-0.25, -0.2) is 0 Å². The van der Waals surface area contributed by atoms with E-state index in [-0.39, 0.29) is 5.91 Å². The van der Waals surface area contributed by atoms with Crippen LogP contribution in [0, 0.1) is 0 Å². The Balaban J connectivity index is 1.68. The monoisotopic (exact) mass is 323 g/mol. The Morgan fingerprint density at radius 1 is 1.08 bits per heavy atom. The Morgan fingerprint density at radius 2 is 1.83 bits per heavy atom. The summed E-state index contributed by atoms with van der Waals surface area (Å²) in [4.78, 5) is 14.2. The highest BCUT2D eigenvalue weighted by atomic mass is 16.6. The zero-order valence-electron chi connectivity index (χ0n) is 13.8. The van der Waals surface area contributed by atoms with E-state index in [2.05, 4.69) is 0 Å². The fourth-order valence-electron chi connectivity index (χ4n) is 2.59. The Hall–Kier alpha value is -2.75. The van der Waals surface area contributed by atoms with Crippen LogP contribution in [-0.4, -0.2) is 30.6 Å². The normalized spacial score (nSPS) is 13.0. The zero-order valence-corrected chi connectivity index (χ0v) is 13.8. The summed E-state index contributed by atoms with van der Waals surface area (Å²) in [5.41, 5.74) is 2.05. The average Bonchev–Trinajstić information content (AvgIpc) is 2.65. The van der Waals surface area contributed by atoms with Gasteiger partial charge in [0.25, 0.3) is 0 Å². The number of benzene rings is 2. The van der Waals surface area contributed by atoms with Gasteiger partial charge in [0.05, 0.1) is 0 Å². The van der Waals surface area contributed by atoms with Gasteiger partial charge in [0.1, 0.15) is 13.2 Å². The molecule has 0 aliphatic carbocycles. The first kappa shape index (κ1) is 16.1. The van der Waals surface area contributed by atoms with Crippen LogP contribution in [0.3, 0.4) is 0 Å². The van der Waals surface area contributed by atoms with E-state index >= 15 is 0 Å². The lowest BCUT2D eigenvalue weighted by Gasteiger charge is -2.22. The van der Waals surface area contributed by atoms with Crippen LogP contribution >= 0.6 is 0 Å². The largest absolute Gasteiger partial charge is 0.486 e. The predicted molar refractivity (Wildman–Crippen MR) is 94.0 cm³/mol. The second-order valence-electron chi connectivity index (χ2n) is 5.57. The quantitative estimate of drug-likeness (QED) is 0.790. The lowest BCUT2D eigenvalue weighted by molar-refractivity contribution is -0.126. The molecule has 0 saturated heterocycles. The lowest BCUT2D eigenvalue weighted by atomic mass is 10.1. The van der Waals surface area contributed by atoms with E-state index in [1.54, 1.807) is 11.0 Å². The average molecular weight is 323 g/mol. The molecule has 0 bridgehead atoms. The van der Waals surface area contributed by atoms with Crippen molar-refractivity contribution in [1.29, 1.82) is 0 Å². The Labute approximate surface area is 142 Å². The van der Waals surface area contributed by atoms with Gasteiger partial charge in [-0.1, -0.05) is 36.4 Å². The summed E-state index contributed by atoms with van der Waals surface area (Å²) >= 11 is 0.